The summed E-state index contributed by atoms with van der Waals surface area (Å²) in [5, 5.41) is 3.38. The second-order valence-corrected chi connectivity index (χ2v) is 8.58. The lowest BCUT2D eigenvalue weighted by Crippen LogP contribution is -2.53. The highest BCUT2D eigenvalue weighted by atomic mass is 32.1. The summed E-state index contributed by atoms with van der Waals surface area (Å²) in [6.07, 6.45) is 10.8. The second kappa shape index (κ2) is 5.97. The summed E-state index contributed by atoms with van der Waals surface area (Å²) in [5.41, 5.74) is 7.61. The Morgan fingerprint density at radius 1 is 1.14 bits per heavy atom. The van der Waals surface area contributed by atoms with Gasteiger partial charge in [-0.15, -0.1) is 11.3 Å². The molecule has 0 saturated heterocycles. The molecule has 3 nitrogen and oxygen atoms in total. The van der Waals surface area contributed by atoms with Crippen LogP contribution in [0.25, 0.3) is 0 Å². The standard InChI is InChI=1S/C18H26N2OS/c19-14-8-12-5-3-6-13(9-14)17(12)20-18(21)16-10-11-4-1-2-7-15(11)22-16/h10,12-14,17H,1-9,19H2,(H,20,21). The van der Waals surface area contributed by atoms with Crippen LogP contribution in [0.1, 0.15) is 65.1 Å². The lowest BCUT2D eigenvalue weighted by atomic mass is 9.67. The van der Waals surface area contributed by atoms with Crippen LogP contribution in [0.5, 0.6) is 0 Å². The van der Waals surface area contributed by atoms with Crippen molar-refractivity contribution in [3.05, 3.63) is 21.4 Å². The van der Waals surface area contributed by atoms with Gasteiger partial charge in [0, 0.05) is 17.0 Å². The Bertz CT molecular complexity index is 530. The van der Waals surface area contributed by atoms with Crippen LogP contribution in [0.3, 0.4) is 0 Å². The van der Waals surface area contributed by atoms with Crippen LogP contribution in [-0.4, -0.2) is 18.0 Å². The number of thiophene rings is 1. The van der Waals surface area contributed by atoms with E-state index in [9.17, 15) is 4.79 Å². The fourth-order valence-corrected chi connectivity index (χ4v) is 6.01. The molecule has 0 aromatic carbocycles. The van der Waals surface area contributed by atoms with Crippen molar-refractivity contribution in [1.29, 1.82) is 0 Å². The van der Waals surface area contributed by atoms with Crippen molar-refractivity contribution in [3.63, 3.8) is 0 Å². The van der Waals surface area contributed by atoms with Gasteiger partial charge in [-0.25, -0.2) is 0 Å². The number of nitrogens with one attached hydrogen (secondary N) is 1. The van der Waals surface area contributed by atoms with Crippen LogP contribution in [-0.2, 0) is 12.8 Å². The van der Waals surface area contributed by atoms with Crippen LogP contribution in [0.2, 0.25) is 0 Å². The van der Waals surface area contributed by atoms with Gasteiger partial charge in [0.05, 0.1) is 4.88 Å². The number of rotatable bonds is 2. The molecule has 2 unspecified atom stereocenters. The maximum atomic E-state index is 12.7. The molecule has 1 aromatic rings. The first-order chi connectivity index (χ1) is 10.7. The van der Waals surface area contributed by atoms with Gasteiger partial charge in [-0.3, -0.25) is 4.79 Å². The summed E-state index contributed by atoms with van der Waals surface area (Å²) in [6, 6.07) is 2.86. The van der Waals surface area contributed by atoms with Crippen LogP contribution in [0.4, 0.5) is 0 Å². The zero-order valence-corrected chi connectivity index (χ0v) is 14.0. The van der Waals surface area contributed by atoms with E-state index in [2.05, 4.69) is 11.4 Å². The molecule has 4 heteroatoms. The van der Waals surface area contributed by atoms with E-state index >= 15 is 0 Å². The Kier molecular flexibility index (Phi) is 3.99. The molecule has 22 heavy (non-hydrogen) atoms. The first-order valence-electron chi connectivity index (χ1n) is 8.88. The Labute approximate surface area is 136 Å². The molecule has 2 saturated carbocycles. The molecule has 2 bridgehead atoms. The van der Waals surface area contributed by atoms with Crippen LogP contribution < -0.4 is 11.1 Å². The first-order valence-corrected chi connectivity index (χ1v) is 9.70. The normalized spacial score (nSPS) is 34.0. The van der Waals surface area contributed by atoms with Crippen molar-refractivity contribution in [1.82, 2.24) is 5.32 Å². The maximum Gasteiger partial charge on any atom is 0.261 e. The molecule has 1 aromatic heterocycles. The second-order valence-electron chi connectivity index (χ2n) is 7.45. The number of carbonyl (C=O) groups excluding carboxylic acids is 1. The monoisotopic (exact) mass is 318 g/mol. The van der Waals surface area contributed by atoms with Gasteiger partial charge in [0.2, 0.25) is 0 Å². The van der Waals surface area contributed by atoms with Crippen molar-refractivity contribution in [3.8, 4) is 0 Å². The highest BCUT2D eigenvalue weighted by molar-refractivity contribution is 7.14. The van der Waals surface area contributed by atoms with Gasteiger partial charge in [-0.2, -0.15) is 0 Å². The number of carbonyl (C=O) groups is 1. The van der Waals surface area contributed by atoms with Crippen molar-refractivity contribution < 1.29 is 4.79 Å². The molecular weight excluding hydrogens is 292 g/mol. The van der Waals surface area contributed by atoms with Crippen LogP contribution in [0, 0.1) is 11.8 Å². The van der Waals surface area contributed by atoms with Crippen LogP contribution in [0.15, 0.2) is 6.07 Å². The highest BCUT2D eigenvalue weighted by Crippen LogP contribution is 2.40. The van der Waals surface area contributed by atoms with Crippen molar-refractivity contribution in [2.45, 2.75) is 69.9 Å². The van der Waals surface area contributed by atoms with Crippen molar-refractivity contribution >= 4 is 17.2 Å². The number of hydrogen-bond acceptors (Lipinski definition) is 3. The summed E-state index contributed by atoms with van der Waals surface area (Å²) < 4.78 is 0. The van der Waals surface area contributed by atoms with Gasteiger partial charge >= 0.3 is 0 Å². The van der Waals surface area contributed by atoms with Gasteiger partial charge in [0.1, 0.15) is 0 Å². The predicted molar refractivity (Wildman–Crippen MR) is 90.3 cm³/mol. The molecule has 1 amide bonds. The molecule has 0 spiro atoms. The number of amides is 1. The highest BCUT2D eigenvalue weighted by Gasteiger charge is 2.40. The Morgan fingerprint density at radius 2 is 1.86 bits per heavy atom. The molecule has 2 fully saturated rings. The fourth-order valence-electron chi connectivity index (χ4n) is 4.85. The maximum absolute atomic E-state index is 12.7. The SMILES string of the molecule is NC1CC2CCCC(C1)C2NC(=O)c1cc2c(s1)CCCC2. The molecular formula is C18H26N2OS. The zero-order valence-electron chi connectivity index (χ0n) is 13.1. The molecule has 2 atom stereocenters. The average molecular weight is 318 g/mol. The fraction of sp³-hybridized carbons (Fsp3) is 0.722. The van der Waals surface area contributed by atoms with E-state index in [4.69, 9.17) is 5.73 Å². The van der Waals surface area contributed by atoms with Gasteiger partial charge in [0.15, 0.2) is 0 Å². The quantitative estimate of drug-likeness (QED) is 0.879. The van der Waals surface area contributed by atoms with E-state index in [0.717, 1.165) is 30.6 Å². The van der Waals surface area contributed by atoms with Crippen molar-refractivity contribution in [2.75, 3.05) is 0 Å². The molecule has 120 valence electrons. The predicted octanol–water partition coefficient (Wildman–Crippen LogP) is 3.26. The molecule has 3 aliphatic carbocycles. The number of nitrogens with two attached hydrogens (primary N) is 1. The number of aryl methyl sites for hydroxylation is 2. The third-order valence-corrected chi connectivity index (χ3v) is 7.13. The molecule has 4 rings (SSSR count). The third kappa shape index (κ3) is 2.71. The van der Waals surface area contributed by atoms with Crippen molar-refractivity contribution in [2.24, 2.45) is 17.6 Å². The number of fused-ring (bicyclic) bond motifs is 3. The third-order valence-electron chi connectivity index (χ3n) is 5.89. The van der Waals surface area contributed by atoms with Gasteiger partial charge in [-0.1, -0.05) is 6.42 Å². The summed E-state index contributed by atoms with van der Waals surface area (Å²) >= 11 is 1.72. The molecule has 3 aliphatic rings. The Morgan fingerprint density at radius 3 is 2.59 bits per heavy atom. The topological polar surface area (TPSA) is 55.1 Å². The molecule has 0 aliphatic heterocycles. The van der Waals surface area contributed by atoms with E-state index < -0.39 is 0 Å². The van der Waals surface area contributed by atoms with E-state index in [1.807, 2.05) is 0 Å². The lowest BCUT2D eigenvalue weighted by Gasteiger charge is -2.45. The number of hydrogen-bond donors (Lipinski definition) is 2. The van der Waals surface area contributed by atoms with E-state index in [-0.39, 0.29) is 5.91 Å². The minimum Gasteiger partial charge on any atom is -0.348 e. The summed E-state index contributed by atoms with van der Waals surface area (Å²) in [4.78, 5) is 15.1. The average Bonchev–Trinajstić information content (AvgIpc) is 2.92. The minimum absolute atomic E-state index is 0.164. The van der Waals surface area contributed by atoms with E-state index in [0.29, 0.717) is 23.9 Å². The Balaban J connectivity index is 1.48. The molecule has 3 N–H and O–H groups in total. The molecule has 1 heterocycles. The first kappa shape index (κ1) is 14.7. The largest absolute Gasteiger partial charge is 0.348 e. The van der Waals surface area contributed by atoms with E-state index in [1.165, 1.54) is 42.5 Å². The summed E-state index contributed by atoms with van der Waals surface area (Å²) in [6.45, 7) is 0. The summed E-state index contributed by atoms with van der Waals surface area (Å²) in [7, 11) is 0. The smallest absolute Gasteiger partial charge is 0.261 e. The van der Waals surface area contributed by atoms with Gasteiger partial charge in [0.25, 0.3) is 5.91 Å². The molecule has 0 radical (unpaired) electrons. The summed E-state index contributed by atoms with van der Waals surface area (Å²) in [5.74, 6) is 1.36. The van der Waals surface area contributed by atoms with Gasteiger partial charge < -0.3 is 11.1 Å². The van der Waals surface area contributed by atoms with Crippen LogP contribution >= 0.6 is 11.3 Å². The minimum atomic E-state index is 0.164. The van der Waals surface area contributed by atoms with E-state index in [1.54, 1.807) is 11.3 Å². The van der Waals surface area contributed by atoms with Gasteiger partial charge in [-0.05, 0) is 74.8 Å². The zero-order chi connectivity index (χ0) is 15.1. The lowest BCUT2D eigenvalue weighted by molar-refractivity contribution is 0.0759. The Hall–Kier alpha value is -0.870.